The van der Waals surface area contributed by atoms with Crippen molar-refractivity contribution in [3.63, 3.8) is 0 Å². The highest BCUT2D eigenvalue weighted by atomic mass is 79.9. The number of amides is 1. The molecule has 136 valence electrons. The van der Waals surface area contributed by atoms with Crippen molar-refractivity contribution in [2.45, 2.75) is 20.3 Å². The number of halogens is 1. The lowest BCUT2D eigenvalue weighted by Gasteiger charge is -2.35. The summed E-state index contributed by atoms with van der Waals surface area (Å²) in [7, 11) is 0. The summed E-state index contributed by atoms with van der Waals surface area (Å²) in [5.41, 5.74) is 0. The molecule has 0 aliphatic carbocycles. The molecule has 1 saturated heterocycles. The minimum absolute atomic E-state index is 0.0665. The van der Waals surface area contributed by atoms with Gasteiger partial charge < -0.3 is 14.2 Å². The number of nitrogens with zero attached hydrogens (tertiary/aromatic N) is 4. The van der Waals surface area contributed by atoms with Crippen molar-refractivity contribution in [3.05, 3.63) is 39.3 Å². The molecular weight excluding hydrogens is 416 g/mol. The molecule has 26 heavy (non-hydrogen) atoms. The Morgan fingerprint density at radius 1 is 1.27 bits per heavy atom. The van der Waals surface area contributed by atoms with Crippen LogP contribution in [-0.4, -0.2) is 47.0 Å². The van der Waals surface area contributed by atoms with Crippen molar-refractivity contribution in [2.75, 3.05) is 31.1 Å². The van der Waals surface area contributed by atoms with E-state index in [1.165, 1.54) is 4.88 Å². The van der Waals surface area contributed by atoms with Crippen molar-refractivity contribution in [1.29, 1.82) is 0 Å². The van der Waals surface area contributed by atoms with Gasteiger partial charge in [0, 0.05) is 31.1 Å². The van der Waals surface area contributed by atoms with Gasteiger partial charge in [0.25, 0.3) is 5.91 Å². The Balaban J connectivity index is 1.54. The molecule has 0 bridgehead atoms. The standard InChI is InChI=1S/C18H19BrN4O2S/c1-3-12-10-13-16(20-11(2)21-17(13)26-12)22-6-8-23(9-7-22)18(24)14-4-5-15(19)25-14/h4-5,10H,3,6-9H2,1-2H3. The van der Waals surface area contributed by atoms with Crippen LogP contribution in [0.3, 0.4) is 0 Å². The first kappa shape index (κ1) is 17.5. The second kappa shape index (κ2) is 7.00. The normalized spacial score (nSPS) is 15.0. The van der Waals surface area contributed by atoms with E-state index in [0.717, 1.165) is 41.4 Å². The van der Waals surface area contributed by atoms with Gasteiger partial charge in [0.2, 0.25) is 0 Å². The maximum absolute atomic E-state index is 12.5. The lowest BCUT2D eigenvalue weighted by Crippen LogP contribution is -2.49. The molecule has 1 aliphatic rings. The topological polar surface area (TPSA) is 62.5 Å². The zero-order valence-electron chi connectivity index (χ0n) is 14.7. The molecule has 0 aromatic carbocycles. The number of carbonyl (C=O) groups excluding carboxylic acids is 1. The van der Waals surface area contributed by atoms with Gasteiger partial charge in [0.1, 0.15) is 16.5 Å². The molecule has 3 aromatic heterocycles. The van der Waals surface area contributed by atoms with Gasteiger partial charge in [-0.05, 0) is 47.5 Å². The molecule has 1 amide bonds. The first-order valence-corrected chi connectivity index (χ1v) is 10.2. The molecule has 1 aliphatic heterocycles. The number of fused-ring (bicyclic) bond motifs is 1. The molecule has 8 heteroatoms. The summed E-state index contributed by atoms with van der Waals surface area (Å²) >= 11 is 4.98. The minimum atomic E-state index is -0.0665. The Labute approximate surface area is 164 Å². The molecule has 4 rings (SSSR count). The smallest absolute Gasteiger partial charge is 0.289 e. The number of hydrogen-bond donors (Lipinski definition) is 0. The lowest BCUT2D eigenvalue weighted by molar-refractivity contribution is 0.0713. The van der Waals surface area contributed by atoms with Crippen molar-refractivity contribution >= 4 is 49.2 Å². The summed E-state index contributed by atoms with van der Waals surface area (Å²) in [5, 5.41) is 1.12. The van der Waals surface area contributed by atoms with E-state index < -0.39 is 0 Å². The lowest BCUT2D eigenvalue weighted by atomic mass is 10.2. The summed E-state index contributed by atoms with van der Waals surface area (Å²) in [6.45, 7) is 6.87. The van der Waals surface area contributed by atoms with Crippen LogP contribution in [0.25, 0.3) is 10.2 Å². The fourth-order valence-corrected chi connectivity index (χ4v) is 4.50. The average molecular weight is 435 g/mol. The van der Waals surface area contributed by atoms with Crippen LogP contribution in [0.2, 0.25) is 0 Å². The highest BCUT2D eigenvalue weighted by Crippen LogP contribution is 2.32. The van der Waals surface area contributed by atoms with Gasteiger partial charge in [-0.3, -0.25) is 4.79 Å². The fraction of sp³-hybridized carbons (Fsp3) is 0.389. The zero-order valence-corrected chi connectivity index (χ0v) is 17.1. The van der Waals surface area contributed by atoms with Gasteiger partial charge >= 0.3 is 0 Å². The van der Waals surface area contributed by atoms with E-state index in [9.17, 15) is 4.79 Å². The van der Waals surface area contributed by atoms with Crippen LogP contribution >= 0.6 is 27.3 Å². The van der Waals surface area contributed by atoms with Crippen molar-refractivity contribution < 1.29 is 9.21 Å². The molecule has 4 heterocycles. The molecule has 3 aromatic rings. The van der Waals surface area contributed by atoms with Gasteiger partial charge in [-0.1, -0.05) is 6.92 Å². The van der Waals surface area contributed by atoms with Crippen molar-refractivity contribution in [1.82, 2.24) is 14.9 Å². The molecule has 0 atom stereocenters. The molecule has 0 spiro atoms. The van der Waals surface area contributed by atoms with Gasteiger partial charge in [0.05, 0.1) is 5.39 Å². The van der Waals surface area contributed by atoms with Gasteiger partial charge in [-0.25, -0.2) is 9.97 Å². The van der Waals surface area contributed by atoms with Crippen LogP contribution in [0.4, 0.5) is 5.82 Å². The first-order chi connectivity index (χ1) is 12.5. The van der Waals surface area contributed by atoms with Crippen LogP contribution in [-0.2, 0) is 6.42 Å². The van der Waals surface area contributed by atoms with E-state index in [-0.39, 0.29) is 5.91 Å². The third kappa shape index (κ3) is 3.23. The molecule has 0 unspecified atom stereocenters. The molecule has 0 N–H and O–H groups in total. The number of piperazine rings is 1. The Morgan fingerprint density at radius 2 is 2.04 bits per heavy atom. The predicted molar refractivity (Wildman–Crippen MR) is 106 cm³/mol. The maximum atomic E-state index is 12.5. The Kier molecular flexibility index (Phi) is 4.71. The summed E-state index contributed by atoms with van der Waals surface area (Å²) in [4.78, 5) is 28.3. The minimum Gasteiger partial charge on any atom is -0.444 e. The largest absolute Gasteiger partial charge is 0.444 e. The molecule has 0 saturated carbocycles. The van der Waals surface area contributed by atoms with Gasteiger partial charge in [-0.2, -0.15) is 0 Å². The number of thiophene rings is 1. The monoisotopic (exact) mass is 434 g/mol. The number of hydrogen-bond acceptors (Lipinski definition) is 6. The summed E-state index contributed by atoms with van der Waals surface area (Å²) in [6, 6.07) is 5.65. The quantitative estimate of drug-likeness (QED) is 0.625. The summed E-state index contributed by atoms with van der Waals surface area (Å²) in [6.07, 6.45) is 1.00. The number of carbonyl (C=O) groups is 1. The van der Waals surface area contributed by atoms with Crippen LogP contribution in [0, 0.1) is 6.92 Å². The Hall–Kier alpha value is -1.93. The van der Waals surface area contributed by atoms with Crippen LogP contribution in [0.1, 0.15) is 28.2 Å². The Bertz CT molecular complexity index is 959. The molecule has 6 nitrogen and oxygen atoms in total. The summed E-state index contributed by atoms with van der Waals surface area (Å²) in [5.74, 6) is 2.08. The Morgan fingerprint density at radius 3 is 2.69 bits per heavy atom. The number of rotatable bonds is 3. The molecule has 1 fully saturated rings. The highest BCUT2D eigenvalue weighted by molar-refractivity contribution is 9.10. The molecule has 0 radical (unpaired) electrons. The van der Waals surface area contributed by atoms with E-state index in [2.05, 4.69) is 38.8 Å². The number of aryl methyl sites for hydroxylation is 2. The van der Waals surface area contributed by atoms with E-state index in [1.54, 1.807) is 23.5 Å². The summed E-state index contributed by atoms with van der Waals surface area (Å²) < 4.78 is 5.96. The van der Waals surface area contributed by atoms with Crippen LogP contribution in [0.5, 0.6) is 0 Å². The van der Waals surface area contributed by atoms with Crippen molar-refractivity contribution in [3.8, 4) is 0 Å². The first-order valence-electron chi connectivity index (χ1n) is 8.61. The van der Waals surface area contributed by atoms with Gasteiger partial charge in [-0.15, -0.1) is 11.3 Å². The highest BCUT2D eigenvalue weighted by Gasteiger charge is 2.26. The van der Waals surface area contributed by atoms with Crippen molar-refractivity contribution in [2.24, 2.45) is 0 Å². The average Bonchev–Trinajstić information content (AvgIpc) is 3.26. The third-order valence-corrected chi connectivity index (χ3v) is 6.13. The number of furan rings is 1. The van der Waals surface area contributed by atoms with Crippen LogP contribution < -0.4 is 4.90 Å². The van der Waals surface area contributed by atoms with E-state index in [4.69, 9.17) is 9.40 Å². The van der Waals surface area contributed by atoms with E-state index in [1.807, 2.05) is 11.8 Å². The SMILES string of the molecule is CCc1cc2c(N3CCN(C(=O)c4ccc(Br)o4)CC3)nc(C)nc2s1. The van der Waals surface area contributed by atoms with E-state index in [0.29, 0.717) is 23.5 Å². The zero-order chi connectivity index (χ0) is 18.3. The second-order valence-corrected chi connectivity index (χ2v) is 8.16. The second-order valence-electron chi connectivity index (χ2n) is 6.26. The number of aromatic nitrogens is 2. The predicted octanol–water partition coefficient (Wildman–Crippen LogP) is 3.88. The van der Waals surface area contributed by atoms with Gasteiger partial charge in [0.15, 0.2) is 10.4 Å². The fourth-order valence-electron chi connectivity index (χ4n) is 3.18. The van der Waals surface area contributed by atoms with E-state index >= 15 is 0 Å². The molecular formula is C18H19BrN4O2S. The third-order valence-electron chi connectivity index (χ3n) is 4.53. The maximum Gasteiger partial charge on any atom is 0.289 e. The van der Waals surface area contributed by atoms with Crippen LogP contribution in [0.15, 0.2) is 27.3 Å². The number of anilines is 1.